The lowest BCUT2D eigenvalue weighted by Crippen LogP contribution is -2.03. The van der Waals surface area contributed by atoms with Crippen molar-refractivity contribution in [2.45, 2.75) is 24.7 Å². The van der Waals surface area contributed by atoms with Gasteiger partial charge in [-0.3, -0.25) is 0 Å². The SMILES string of the molecule is CCCSc1ccc(Cl)cc1CCN. The van der Waals surface area contributed by atoms with Gasteiger partial charge in [0.15, 0.2) is 0 Å². The predicted octanol–water partition coefficient (Wildman–Crippen LogP) is 3.34. The molecule has 0 aromatic heterocycles. The number of hydrogen-bond acceptors (Lipinski definition) is 2. The highest BCUT2D eigenvalue weighted by Crippen LogP contribution is 2.26. The summed E-state index contributed by atoms with van der Waals surface area (Å²) >= 11 is 7.82. The minimum Gasteiger partial charge on any atom is -0.330 e. The second kappa shape index (κ2) is 6.33. The second-order valence-corrected chi connectivity index (χ2v) is 4.71. The van der Waals surface area contributed by atoms with Gasteiger partial charge in [0.1, 0.15) is 0 Å². The van der Waals surface area contributed by atoms with E-state index in [0.717, 1.165) is 17.2 Å². The van der Waals surface area contributed by atoms with E-state index in [2.05, 4.69) is 13.0 Å². The molecule has 0 bridgehead atoms. The predicted molar refractivity (Wildman–Crippen MR) is 65.2 cm³/mol. The number of thioether (sulfide) groups is 1. The van der Waals surface area contributed by atoms with Gasteiger partial charge in [-0.1, -0.05) is 18.5 Å². The van der Waals surface area contributed by atoms with Crippen molar-refractivity contribution in [3.8, 4) is 0 Å². The summed E-state index contributed by atoms with van der Waals surface area (Å²) in [6, 6.07) is 6.06. The highest BCUT2D eigenvalue weighted by Gasteiger charge is 2.02. The largest absolute Gasteiger partial charge is 0.330 e. The lowest BCUT2D eigenvalue weighted by molar-refractivity contribution is 0.944. The van der Waals surface area contributed by atoms with Crippen LogP contribution in [-0.2, 0) is 6.42 Å². The van der Waals surface area contributed by atoms with Gasteiger partial charge >= 0.3 is 0 Å². The molecule has 3 heteroatoms. The molecular weight excluding hydrogens is 214 g/mol. The maximum atomic E-state index is 5.94. The Labute approximate surface area is 95.0 Å². The molecule has 0 unspecified atom stereocenters. The molecule has 0 radical (unpaired) electrons. The van der Waals surface area contributed by atoms with E-state index in [1.54, 1.807) is 0 Å². The van der Waals surface area contributed by atoms with Gasteiger partial charge in [0.2, 0.25) is 0 Å². The third-order valence-corrected chi connectivity index (χ3v) is 3.45. The van der Waals surface area contributed by atoms with Crippen LogP contribution in [0.25, 0.3) is 0 Å². The molecule has 78 valence electrons. The van der Waals surface area contributed by atoms with Crippen LogP contribution in [0.4, 0.5) is 0 Å². The first-order valence-corrected chi connectivity index (χ1v) is 6.25. The highest BCUT2D eigenvalue weighted by atomic mass is 35.5. The molecule has 1 rings (SSSR count). The van der Waals surface area contributed by atoms with Gasteiger partial charge < -0.3 is 5.73 Å². The number of hydrogen-bond donors (Lipinski definition) is 1. The first-order valence-electron chi connectivity index (χ1n) is 4.89. The fourth-order valence-corrected chi connectivity index (χ4v) is 2.38. The van der Waals surface area contributed by atoms with Crippen LogP contribution >= 0.6 is 23.4 Å². The van der Waals surface area contributed by atoms with Crippen molar-refractivity contribution in [3.05, 3.63) is 28.8 Å². The summed E-state index contributed by atoms with van der Waals surface area (Å²) in [5, 5.41) is 0.800. The zero-order chi connectivity index (χ0) is 10.4. The number of nitrogens with two attached hydrogens (primary N) is 1. The molecular formula is C11H16ClNS. The second-order valence-electron chi connectivity index (χ2n) is 3.14. The minimum absolute atomic E-state index is 0.681. The molecule has 1 aromatic rings. The van der Waals surface area contributed by atoms with Crippen LogP contribution in [0.15, 0.2) is 23.1 Å². The van der Waals surface area contributed by atoms with Crippen LogP contribution in [0.3, 0.4) is 0 Å². The van der Waals surface area contributed by atoms with Crippen LogP contribution in [0.1, 0.15) is 18.9 Å². The van der Waals surface area contributed by atoms with E-state index >= 15 is 0 Å². The summed E-state index contributed by atoms with van der Waals surface area (Å²) in [6.45, 7) is 2.87. The molecule has 14 heavy (non-hydrogen) atoms. The van der Waals surface area contributed by atoms with Crippen LogP contribution in [0, 0.1) is 0 Å². The smallest absolute Gasteiger partial charge is 0.0409 e. The Bertz CT molecular complexity index is 289. The van der Waals surface area contributed by atoms with Gasteiger partial charge in [-0.05, 0) is 48.9 Å². The van der Waals surface area contributed by atoms with Crippen LogP contribution in [-0.4, -0.2) is 12.3 Å². The molecule has 0 aliphatic carbocycles. The molecule has 1 aromatic carbocycles. The van der Waals surface area contributed by atoms with Crippen molar-refractivity contribution in [1.29, 1.82) is 0 Å². The molecule has 1 nitrogen and oxygen atoms in total. The fraction of sp³-hybridized carbons (Fsp3) is 0.455. The summed E-state index contributed by atoms with van der Waals surface area (Å²) in [5.41, 5.74) is 6.83. The molecule has 0 aliphatic rings. The van der Waals surface area contributed by atoms with E-state index in [1.807, 2.05) is 23.9 Å². The van der Waals surface area contributed by atoms with Gasteiger partial charge in [-0.2, -0.15) is 0 Å². The minimum atomic E-state index is 0.681. The third kappa shape index (κ3) is 3.52. The van der Waals surface area contributed by atoms with Gasteiger partial charge in [0, 0.05) is 9.92 Å². The fourth-order valence-electron chi connectivity index (χ4n) is 1.25. The Kier molecular flexibility index (Phi) is 5.38. The van der Waals surface area contributed by atoms with E-state index < -0.39 is 0 Å². The molecule has 0 aliphatic heterocycles. The van der Waals surface area contributed by atoms with Crippen molar-refractivity contribution in [1.82, 2.24) is 0 Å². The zero-order valence-electron chi connectivity index (χ0n) is 8.42. The summed E-state index contributed by atoms with van der Waals surface area (Å²) in [6.07, 6.45) is 2.10. The summed E-state index contributed by atoms with van der Waals surface area (Å²) < 4.78 is 0. The molecule has 0 fully saturated rings. The zero-order valence-corrected chi connectivity index (χ0v) is 10.00. The first kappa shape index (κ1) is 11.9. The summed E-state index contributed by atoms with van der Waals surface area (Å²) in [4.78, 5) is 1.32. The Balaban J connectivity index is 2.78. The van der Waals surface area contributed by atoms with Crippen molar-refractivity contribution in [2.24, 2.45) is 5.73 Å². The Hall–Kier alpha value is -0.180. The van der Waals surface area contributed by atoms with E-state index in [-0.39, 0.29) is 0 Å². The summed E-state index contributed by atoms with van der Waals surface area (Å²) in [7, 11) is 0. The highest BCUT2D eigenvalue weighted by molar-refractivity contribution is 7.99. The summed E-state index contributed by atoms with van der Waals surface area (Å²) in [5.74, 6) is 1.15. The third-order valence-electron chi connectivity index (χ3n) is 1.90. The molecule has 0 saturated carbocycles. The normalized spacial score (nSPS) is 10.5. The van der Waals surface area contributed by atoms with E-state index in [0.29, 0.717) is 6.54 Å². The molecule has 0 heterocycles. The first-order chi connectivity index (χ1) is 6.77. The van der Waals surface area contributed by atoms with Crippen molar-refractivity contribution in [3.63, 3.8) is 0 Å². The standard InChI is InChI=1S/C11H16ClNS/c1-2-7-14-11-4-3-10(12)8-9(11)5-6-13/h3-4,8H,2,5-7,13H2,1H3. The molecule has 0 saturated heterocycles. The van der Waals surface area contributed by atoms with Gasteiger partial charge in [-0.25, -0.2) is 0 Å². The van der Waals surface area contributed by atoms with E-state index in [9.17, 15) is 0 Å². The topological polar surface area (TPSA) is 26.0 Å². The number of halogens is 1. The van der Waals surface area contributed by atoms with Crippen LogP contribution in [0.5, 0.6) is 0 Å². The quantitative estimate of drug-likeness (QED) is 0.784. The average molecular weight is 230 g/mol. The molecule has 0 atom stereocenters. The Morgan fingerprint density at radius 2 is 2.21 bits per heavy atom. The van der Waals surface area contributed by atoms with E-state index in [4.69, 9.17) is 17.3 Å². The lowest BCUT2D eigenvalue weighted by Gasteiger charge is -2.08. The van der Waals surface area contributed by atoms with Crippen LogP contribution < -0.4 is 5.73 Å². The van der Waals surface area contributed by atoms with Crippen LogP contribution in [0.2, 0.25) is 5.02 Å². The monoisotopic (exact) mass is 229 g/mol. The van der Waals surface area contributed by atoms with E-state index in [1.165, 1.54) is 16.9 Å². The van der Waals surface area contributed by atoms with Crippen molar-refractivity contribution < 1.29 is 0 Å². The lowest BCUT2D eigenvalue weighted by atomic mass is 10.1. The van der Waals surface area contributed by atoms with Gasteiger partial charge in [0.25, 0.3) is 0 Å². The van der Waals surface area contributed by atoms with Crippen molar-refractivity contribution >= 4 is 23.4 Å². The number of rotatable bonds is 5. The number of benzene rings is 1. The van der Waals surface area contributed by atoms with Crippen molar-refractivity contribution in [2.75, 3.05) is 12.3 Å². The average Bonchev–Trinajstić information content (AvgIpc) is 2.17. The molecule has 0 amide bonds. The van der Waals surface area contributed by atoms with Gasteiger partial charge in [0.05, 0.1) is 0 Å². The Morgan fingerprint density at radius 3 is 2.86 bits per heavy atom. The Morgan fingerprint density at radius 1 is 1.43 bits per heavy atom. The molecule has 0 spiro atoms. The molecule has 2 N–H and O–H groups in total. The maximum Gasteiger partial charge on any atom is 0.0409 e. The van der Waals surface area contributed by atoms with Gasteiger partial charge in [-0.15, -0.1) is 11.8 Å². The maximum absolute atomic E-state index is 5.94.